The van der Waals surface area contributed by atoms with Crippen LogP contribution < -0.4 is 15.5 Å². The zero-order valence-corrected chi connectivity index (χ0v) is 15.9. The number of piperazine rings is 1. The largest absolute Gasteiger partial charge is 0.368 e. The van der Waals surface area contributed by atoms with Gasteiger partial charge in [0.2, 0.25) is 5.91 Å². The number of aliphatic imine (C=N–C) groups is 1. The second-order valence-electron chi connectivity index (χ2n) is 7.27. The number of para-hydroxylation sites is 1. The van der Waals surface area contributed by atoms with Crippen molar-refractivity contribution < 1.29 is 4.79 Å². The molecule has 0 bridgehead atoms. The number of nitrogens with zero attached hydrogens (tertiary/aromatic N) is 3. The van der Waals surface area contributed by atoms with E-state index in [2.05, 4.69) is 53.4 Å². The van der Waals surface area contributed by atoms with Gasteiger partial charge in [0.25, 0.3) is 0 Å². The summed E-state index contributed by atoms with van der Waals surface area (Å²) in [7, 11) is 0. The van der Waals surface area contributed by atoms with Gasteiger partial charge < -0.3 is 20.4 Å². The van der Waals surface area contributed by atoms with Gasteiger partial charge in [-0.15, -0.1) is 0 Å². The molecular formula is C19H31N5O. The molecule has 0 unspecified atom stereocenters. The second-order valence-corrected chi connectivity index (χ2v) is 7.27. The van der Waals surface area contributed by atoms with Gasteiger partial charge >= 0.3 is 0 Å². The van der Waals surface area contributed by atoms with Crippen molar-refractivity contribution in [3.05, 3.63) is 30.3 Å². The van der Waals surface area contributed by atoms with Crippen LogP contribution in [0.3, 0.4) is 0 Å². The van der Waals surface area contributed by atoms with Crippen LogP contribution in [-0.2, 0) is 4.79 Å². The van der Waals surface area contributed by atoms with Crippen molar-refractivity contribution in [3.8, 4) is 0 Å². The van der Waals surface area contributed by atoms with E-state index in [1.807, 2.05) is 30.0 Å². The van der Waals surface area contributed by atoms with E-state index in [0.29, 0.717) is 5.96 Å². The maximum Gasteiger partial charge on any atom is 0.244 e. The molecular weight excluding hydrogens is 314 g/mol. The zero-order valence-electron chi connectivity index (χ0n) is 15.9. The van der Waals surface area contributed by atoms with Crippen molar-refractivity contribution in [3.63, 3.8) is 0 Å². The third-order valence-corrected chi connectivity index (χ3v) is 3.96. The fraction of sp³-hybridized carbons (Fsp3) is 0.579. The molecule has 1 fully saturated rings. The predicted octanol–water partition coefficient (Wildman–Crippen LogP) is 1.69. The van der Waals surface area contributed by atoms with E-state index in [4.69, 9.17) is 0 Å². The highest BCUT2D eigenvalue weighted by Gasteiger charge is 2.21. The van der Waals surface area contributed by atoms with E-state index >= 15 is 0 Å². The molecule has 2 rings (SSSR count). The predicted molar refractivity (Wildman–Crippen MR) is 104 cm³/mol. The number of anilines is 1. The number of nitrogens with one attached hydrogen (secondary N) is 2. The number of amides is 1. The van der Waals surface area contributed by atoms with Crippen LogP contribution in [0.25, 0.3) is 0 Å². The summed E-state index contributed by atoms with van der Waals surface area (Å²) >= 11 is 0. The quantitative estimate of drug-likeness (QED) is 0.644. The van der Waals surface area contributed by atoms with Crippen molar-refractivity contribution in [2.75, 3.05) is 44.2 Å². The topological polar surface area (TPSA) is 60.0 Å². The van der Waals surface area contributed by atoms with Gasteiger partial charge in [0, 0.05) is 44.0 Å². The Kier molecular flexibility index (Phi) is 6.67. The first kappa shape index (κ1) is 19.1. The molecule has 0 aromatic heterocycles. The van der Waals surface area contributed by atoms with Crippen molar-refractivity contribution >= 4 is 17.6 Å². The first-order valence-corrected chi connectivity index (χ1v) is 9.03. The number of guanidine groups is 1. The van der Waals surface area contributed by atoms with Gasteiger partial charge in [0.1, 0.15) is 6.54 Å². The van der Waals surface area contributed by atoms with Crippen LogP contribution in [0.4, 0.5) is 5.69 Å². The SMILES string of the molecule is CCNC(=NCC(=O)N1CCN(c2ccccc2)CC1)NC(C)(C)C. The highest BCUT2D eigenvalue weighted by molar-refractivity contribution is 5.85. The minimum atomic E-state index is -0.0919. The molecule has 0 atom stereocenters. The highest BCUT2D eigenvalue weighted by Crippen LogP contribution is 2.15. The Labute approximate surface area is 151 Å². The number of benzene rings is 1. The fourth-order valence-corrected chi connectivity index (χ4v) is 2.76. The lowest BCUT2D eigenvalue weighted by atomic mass is 10.1. The van der Waals surface area contributed by atoms with E-state index in [1.165, 1.54) is 5.69 Å². The normalized spacial score (nSPS) is 15.9. The molecule has 1 aromatic carbocycles. The van der Waals surface area contributed by atoms with E-state index in [-0.39, 0.29) is 18.0 Å². The Morgan fingerprint density at radius 1 is 1.12 bits per heavy atom. The Hall–Kier alpha value is -2.24. The number of carbonyl (C=O) groups excluding carboxylic acids is 1. The summed E-state index contributed by atoms with van der Waals surface area (Å²) in [6, 6.07) is 10.3. The lowest BCUT2D eigenvalue weighted by Gasteiger charge is -2.36. The molecule has 1 saturated heterocycles. The molecule has 1 aliphatic heterocycles. The fourth-order valence-electron chi connectivity index (χ4n) is 2.76. The van der Waals surface area contributed by atoms with Gasteiger partial charge in [-0.05, 0) is 39.8 Å². The van der Waals surface area contributed by atoms with E-state index in [0.717, 1.165) is 32.7 Å². The number of hydrogen-bond donors (Lipinski definition) is 2. The molecule has 25 heavy (non-hydrogen) atoms. The molecule has 1 aromatic rings. The van der Waals surface area contributed by atoms with Crippen LogP contribution >= 0.6 is 0 Å². The first-order chi connectivity index (χ1) is 11.9. The van der Waals surface area contributed by atoms with Crippen LogP contribution in [0.15, 0.2) is 35.3 Å². The summed E-state index contributed by atoms with van der Waals surface area (Å²) in [6.07, 6.45) is 0. The molecule has 0 aliphatic carbocycles. The van der Waals surface area contributed by atoms with Gasteiger partial charge in [0.05, 0.1) is 0 Å². The molecule has 6 nitrogen and oxygen atoms in total. The van der Waals surface area contributed by atoms with Crippen LogP contribution in [0, 0.1) is 0 Å². The summed E-state index contributed by atoms with van der Waals surface area (Å²) in [5, 5.41) is 6.49. The molecule has 0 spiro atoms. The molecule has 2 N–H and O–H groups in total. The molecule has 0 radical (unpaired) electrons. The third kappa shape index (κ3) is 6.29. The molecule has 138 valence electrons. The summed E-state index contributed by atoms with van der Waals surface area (Å²) in [4.78, 5) is 21.1. The molecule has 1 amide bonds. The first-order valence-electron chi connectivity index (χ1n) is 9.03. The molecule has 1 aliphatic rings. The molecule has 1 heterocycles. The van der Waals surface area contributed by atoms with Crippen molar-refractivity contribution in [1.82, 2.24) is 15.5 Å². The summed E-state index contributed by atoms with van der Waals surface area (Å²) < 4.78 is 0. The summed E-state index contributed by atoms with van der Waals surface area (Å²) in [6.45, 7) is 12.4. The van der Waals surface area contributed by atoms with E-state index < -0.39 is 0 Å². The standard InChI is InChI=1S/C19H31N5O/c1-5-20-18(22-19(2,3)4)21-15-17(25)24-13-11-23(12-14-24)16-9-7-6-8-10-16/h6-10H,5,11-15H2,1-4H3,(H2,20,21,22). The van der Waals surface area contributed by atoms with Gasteiger partial charge in [-0.25, -0.2) is 4.99 Å². The van der Waals surface area contributed by atoms with Crippen LogP contribution in [0.5, 0.6) is 0 Å². The van der Waals surface area contributed by atoms with Crippen LogP contribution in [-0.4, -0.2) is 61.6 Å². The molecule has 0 saturated carbocycles. The average molecular weight is 345 g/mol. The Morgan fingerprint density at radius 2 is 1.76 bits per heavy atom. The van der Waals surface area contributed by atoms with Gasteiger partial charge in [-0.2, -0.15) is 0 Å². The third-order valence-electron chi connectivity index (χ3n) is 3.96. The smallest absolute Gasteiger partial charge is 0.244 e. The van der Waals surface area contributed by atoms with Crippen molar-refractivity contribution in [2.45, 2.75) is 33.2 Å². The van der Waals surface area contributed by atoms with E-state index in [1.54, 1.807) is 0 Å². The minimum absolute atomic E-state index is 0.0822. The van der Waals surface area contributed by atoms with Gasteiger partial charge in [-0.1, -0.05) is 18.2 Å². The van der Waals surface area contributed by atoms with Crippen molar-refractivity contribution in [1.29, 1.82) is 0 Å². The lowest BCUT2D eigenvalue weighted by Crippen LogP contribution is -2.50. The number of carbonyl (C=O) groups is 1. The summed E-state index contributed by atoms with van der Waals surface area (Å²) in [5.41, 5.74) is 1.13. The summed E-state index contributed by atoms with van der Waals surface area (Å²) in [5.74, 6) is 0.769. The molecule has 6 heteroatoms. The number of hydrogen-bond acceptors (Lipinski definition) is 3. The van der Waals surface area contributed by atoms with Crippen molar-refractivity contribution in [2.24, 2.45) is 4.99 Å². The van der Waals surface area contributed by atoms with E-state index in [9.17, 15) is 4.79 Å². The zero-order chi connectivity index (χ0) is 18.3. The Bertz CT molecular complexity index is 571. The van der Waals surface area contributed by atoms with Crippen LogP contribution in [0.2, 0.25) is 0 Å². The van der Waals surface area contributed by atoms with Gasteiger partial charge in [-0.3, -0.25) is 4.79 Å². The average Bonchev–Trinajstić information content (AvgIpc) is 2.59. The maximum absolute atomic E-state index is 12.5. The Morgan fingerprint density at radius 3 is 2.32 bits per heavy atom. The Balaban J connectivity index is 1.86. The van der Waals surface area contributed by atoms with Crippen LogP contribution in [0.1, 0.15) is 27.7 Å². The number of rotatable bonds is 4. The van der Waals surface area contributed by atoms with Gasteiger partial charge in [0.15, 0.2) is 5.96 Å². The lowest BCUT2D eigenvalue weighted by molar-refractivity contribution is -0.129. The maximum atomic E-state index is 12.5. The second kappa shape index (κ2) is 8.74. The minimum Gasteiger partial charge on any atom is -0.368 e. The highest BCUT2D eigenvalue weighted by atomic mass is 16.2. The monoisotopic (exact) mass is 345 g/mol.